The van der Waals surface area contributed by atoms with Gasteiger partial charge in [-0.1, -0.05) is 72.8 Å². The largest absolute Gasteiger partial charge is 0.491 e. The van der Waals surface area contributed by atoms with E-state index in [4.69, 9.17) is 18.9 Å². The fourth-order valence-electron chi connectivity index (χ4n) is 4.07. The van der Waals surface area contributed by atoms with Crippen LogP contribution in [-0.2, 0) is 4.74 Å². The highest BCUT2D eigenvalue weighted by atomic mass is 31.1. The first kappa shape index (κ1) is 24.2. The molecular formula is C33H27O4P. The first-order valence-corrected chi connectivity index (χ1v) is 13.9. The number of para-hydroxylation sites is 2. The Bertz CT molecular complexity index is 1350. The standard InChI is InChI=1S/C33H27O4P/c1-3-7-26(8-4-1)36-28-13-19-32(20-14-28)38(31-17-11-25(12-18-31)34-23-30-24-35-30)33-21-15-29(16-22-33)37-27-9-5-2-6-10-27/h1-22,30H,23-24H2. The average Bonchev–Trinajstić information content (AvgIpc) is 3.81. The molecule has 5 aromatic carbocycles. The van der Waals surface area contributed by atoms with Crippen LogP contribution in [-0.4, -0.2) is 19.3 Å². The summed E-state index contributed by atoms with van der Waals surface area (Å²) in [5, 5.41) is 3.71. The van der Waals surface area contributed by atoms with Gasteiger partial charge >= 0.3 is 0 Å². The topological polar surface area (TPSA) is 40.2 Å². The summed E-state index contributed by atoms with van der Waals surface area (Å²) in [5.41, 5.74) is 0. The van der Waals surface area contributed by atoms with Crippen molar-refractivity contribution in [1.29, 1.82) is 0 Å². The maximum atomic E-state index is 6.03. The van der Waals surface area contributed by atoms with Crippen molar-refractivity contribution in [2.24, 2.45) is 0 Å². The fraction of sp³-hybridized carbons (Fsp3) is 0.0909. The van der Waals surface area contributed by atoms with Crippen molar-refractivity contribution in [3.8, 4) is 28.7 Å². The Morgan fingerprint density at radius 1 is 0.500 bits per heavy atom. The van der Waals surface area contributed by atoms with Crippen LogP contribution in [0.5, 0.6) is 28.7 Å². The molecular weight excluding hydrogens is 491 g/mol. The molecule has 0 radical (unpaired) electrons. The van der Waals surface area contributed by atoms with Gasteiger partial charge in [0.2, 0.25) is 0 Å². The molecule has 0 N–H and O–H groups in total. The number of hydrogen-bond acceptors (Lipinski definition) is 4. The van der Waals surface area contributed by atoms with Gasteiger partial charge in [-0.25, -0.2) is 0 Å². The molecule has 0 spiro atoms. The summed E-state index contributed by atoms with van der Waals surface area (Å²) in [7, 11) is -0.802. The van der Waals surface area contributed by atoms with E-state index in [9.17, 15) is 0 Å². The van der Waals surface area contributed by atoms with Crippen LogP contribution >= 0.6 is 7.92 Å². The Kier molecular flexibility index (Phi) is 7.35. The molecule has 4 nitrogen and oxygen atoms in total. The van der Waals surface area contributed by atoms with Gasteiger partial charge in [-0.15, -0.1) is 0 Å². The number of rotatable bonds is 10. The molecule has 0 saturated carbocycles. The molecule has 1 heterocycles. The normalized spacial score (nSPS) is 14.2. The molecule has 5 heteroatoms. The zero-order valence-corrected chi connectivity index (χ0v) is 21.7. The van der Waals surface area contributed by atoms with E-state index in [0.29, 0.717) is 6.61 Å². The predicted octanol–water partition coefficient (Wildman–Crippen LogP) is 6.81. The molecule has 0 aliphatic carbocycles. The highest BCUT2D eigenvalue weighted by Gasteiger charge is 2.23. The first-order chi connectivity index (χ1) is 18.8. The van der Waals surface area contributed by atoms with Crippen LogP contribution in [0.25, 0.3) is 0 Å². The molecule has 6 rings (SSSR count). The van der Waals surface area contributed by atoms with Crippen molar-refractivity contribution < 1.29 is 18.9 Å². The lowest BCUT2D eigenvalue weighted by Crippen LogP contribution is -2.20. The lowest BCUT2D eigenvalue weighted by Gasteiger charge is -2.20. The van der Waals surface area contributed by atoms with Gasteiger partial charge in [0.15, 0.2) is 0 Å². The van der Waals surface area contributed by atoms with E-state index in [1.54, 1.807) is 0 Å². The minimum atomic E-state index is -0.802. The third-order valence-corrected chi connectivity index (χ3v) is 8.52. The highest BCUT2D eigenvalue weighted by molar-refractivity contribution is 7.79. The summed E-state index contributed by atoms with van der Waals surface area (Å²) in [6.45, 7) is 1.39. The quantitative estimate of drug-likeness (QED) is 0.151. The highest BCUT2D eigenvalue weighted by Crippen LogP contribution is 2.35. The first-order valence-electron chi connectivity index (χ1n) is 12.6. The van der Waals surface area contributed by atoms with Crippen molar-refractivity contribution >= 4 is 23.8 Å². The van der Waals surface area contributed by atoms with Gasteiger partial charge in [0.05, 0.1) is 6.61 Å². The third-order valence-electron chi connectivity index (χ3n) is 6.08. The Balaban J connectivity index is 1.26. The van der Waals surface area contributed by atoms with Crippen LogP contribution in [0.4, 0.5) is 0 Å². The third kappa shape index (κ3) is 6.23. The molecule has 0 bridgehead atoms. The van der Waals surface area contributed by atoms with Crippen LogP contribution in [0.15, 0.2) is 133 Å². The predicted molar refractivity (Wildman–Crippen MR) is 153 cm³/mol. The SMILES string of the molecule is c1ccc(Oc2ccc(P(c3ccc(OCC4CO4)cc3)c3ccc(Oc4ccccc4)cc3)cc2)cc1. The summed E-state index contributed by atoms with van der Waals surface area (Å²) >= 11 is 0. The van der Waals surface area contributed by atoms with Gasteiger partial charge in [0.25, 0.3) is 0 Å². The van der Waals surface area contributed by atoms with Crippen molar-refractivity contribution in [3.63, 3.8) is 0 Å². The molecule has 5 aromatic rings. The zero-order chi connectivity index (χ0) is 25.6. The van der Waals surface area contributed by atoms with E-state index in [0.717, 1.165) is 35.4 Å². The molecule has 1 saturated heterocycles. The van der Waals surface area contributed by atoms with E-state index in [2.05, 4.69) is 36.4 Å². The van der Waals surface area contributed by atoms with E-state index in [1.165, 1.54) is 15.9 Å². The summed E-state index contributed by atoms with van der Waals surface area (Å²) in [4.78, 5) is 0. The lowest BCUT2D eigenvalue weighted by atomic mass is 10.3. The van der Waals surface area contributed by atoms with Crippen molar-refractivity contribution in [3.05, 3.63) is 133 Å². The summed E-state index contributed by atoms with van der Waals surface area (Å²) in [5.74, 6) is 4.13. The number of ether oxygens (including phenoxy) is 4. The van der Waals surface area contributed by atoms with Crippen LogP contribution in [0.1, 0.15) is 0 Å². The van der Waals surface area contributed by atoms with E-state index < -0.39 is 7.92 Å². The molecule has 1 aliphatic heterocycles. The Labute approximate surface area is 224 Å². The molecule has 0 aromatic heterocycles. The molecule has 38 heavy (non-hydrogen) atoms. The second-order valence-corrected chi connectivity index (χ2v) is 11.1. The molecule has 188 valence electrons. The molecule has 0 amide bonds. The zero-order valence-electron chi connectivity index (χ0n) is 20.8. The Morgan fingerprint density at radius 3 is 1.26 bits per heavy atom. The number of hydrogen-bond donors (Lipinski definition) is 0. The average molecular weight is 519 g/mol. The molecule has 1 fully saturated rings. The molecule has 1 aliphatic rings. The van der Waals surface area contributed by atoms with Crippen molar-refractivity contribution in [2.45, 2.75) is 6.10 Å². The monoisotopic (exact) mass is 518 g/mol. The van der Waals surface area contributed by atoms with E-state index >= 15 is 0 Å². The lowest BCUT2D eigenvalue weighted by molar-refractivity contribution is 0.263. The van der Waals surface area contributed by atoms with Gasteiger partial charge in [-0.05, 0) is 84.5 Å². The van der Waals surface area contributed by atoms with Gasteiger partial charge < -0.3 is 18.9 Å². The second-order valence-electron chi connectivity index (χ2n) is 8.91. The summed E-state index contributed by atoms with van der Waals surface area (Å²) < 4.78 is 23.2. The van der Waals surface area contributed by atoms with E-state index in [-0.39, 0.29) is 6.10 Å². The smallest absolute Gasteiger partial charge is 0.127 e. The molecule has 1 unspecified atom stereocenters. The van der Waals surface area contributed by atoms with Gasteiger partial charge in [0.1, 0.15) is 41.5 Å². The van der Waals surface area contributed by atoms with Gasteiger partial charge in [-0.3, -0.25) is 0 Å². The maximum absolute atomic E-state index is 6.03. The molecule has 1 atom stereocenters. The fourth-order valence-corrected chi connectivity index (χ4v) is 6.30. The van der Waals surface area contributed by atoms with Crippen LogP contribution in [0, 0.1) is 0 Å². The van der Waals surface area contributed by atoms with Crippen molar-refractivity contribution in [1.82, 2.24) is 0 Å². The Hall–Kier alpha value is -4.11. The van der Waals surface area contributed by atoms with E-state index in [1.807, 2.05) is 97.1 Å². The van der Waals surface area contributed by atoms with Gasteiger partial charge in [0, 0.05) is 0 Å². The summed E-state index contributed by atoms with van der Waals surface area (Å²) in [6, 6.07) is 44.9. The van der Waals surface area contributed by atoms with Crippen LogP contribution in [0.2, 0.25) is 0 Å². The minimum absolute atomic E-state index is 0.236. The second kappa shape index (κ2) is 11.5. The number of benzene rings is 5. The van der Waals surface area contributed by atoms with Crippen LogP contribution in [0.3, 0.4) is 0 Å². The Morgan fingerprint density at radius 2 is 0.868 bits per heavy atom. The van der Waals surface area contributed by atoms with Crippen molar-refractivity contribution in [2.75, 3.05) is 13.2 Å². The summed E-state index contributed by atoms with van der Waals surface area (Å²) in [6.07, 6.45) is 0.236. The maximum Gasteiger partial charge on any atom is 0.127 e. The number of epoxide rings is 1. The minimum Gasteiger partial charge on any atom is -0.491 e. The van der Waals surface area contributed by atoms with Crippen LogP contribution < -0.4 is 30.1 Å². The van der Waals surface area contributed by atoms with Gasteiger partial charge in [-0.2, -0.15) is 0 Å².